The highest BCUT2D eigenvalue weighted by Crippen LogP contribution is 1.95. The van der Waals surface area contributed by atoms with Gasteiger partial charge in [-0.2, -0.15) is 17.7 Å². The van der Waals surface area contributed by atoms with Crippen molar-refractivity contribution in [2.45, 2.75) is 0 Å². The second-order valence-corrected chi connectivity index (χ2v) is 2.22. The van der Waals surface area contributed by atoms with Gasteiger partial charge in [-0.15, -0.1) is 0 Å². The van der Waals surface area contributed by atoms with Crippen LogP contribution >= 0.6 is 12.6 Å². The van der Waals surface area contributed by atoms with E-state index in [-0.39, 0.29) is 17.6 Å². The molecule has 0 bridgehead atoms. The number of hydrogen-bond acceptors (Lipinski definition) is 4. The van der Waals surface area contributed by atoms with E-state index >= 15 is 0 Å². The van der Waals surface area contributed by atoms with E-state index < -0.39 is 0 Å². The summed E-state index contributed by atoms with van der Waals surface area (Å²) in [5, 5.41) is 6.03. The average Bonchev–Trinajstić information content (AvgIpc) is 2.51. The minimum atomic E-state index is -0.317. The van der Waals surface area contributed by atoms with E-state index in [1.165, 1.54) is 10.9 Å². The predicted octanol–water partition coefficient (Wildman–Crippen LogP) is -0.0361. The molecule has 1 heterocycles. The fourth-order valence-electron chi connectivity index (χ4n) is 0.724. The van der Waals surface area contributed by atoms with E-state index in [1.54, 1.807) is 6.20 Å². The second-order valence-electron chi connectivity index (χ2n) is 1.90. The van der Waals surface area contributed by atoms with Crippen molar-refractivity contribution in [2.75, 3.05) is 5.88 Å². The van der Waals surface area contributed by atoms with Crippen LogP contribution in [-0.4, -0.2) is 28.2 Å². The van der Waals surface area contributed by atoms with Gasteiger partial charge in [-0.1, -0.05) is 0 Å². The number of nitrogens with zero attached hydrogens (tertiary/aromatic N) is 3. The first-order valence-corrected chi connectivity index (χ1v) is 3.82. The molecule has 1 amide bonds. The lowest BCUT2D eigenvalue weighted by Gasteiger charge is -1.99. The van der Waals surface area contributed by atoms with Crippen molar-refractivity contribution in [3.63, 3.8) is 0 Å². The summed E-state index contributed by atoms with van der Waals surface area (Å²) in [7, 11) is 0. The first-order chi connectivity index (χ1) is 5.79. The minimum Gasteiger partial charge on any atom is -0.341 e. The Hall–Kier alpha value is -1.30. The van der Waals surface area contributed by atoms with Gasteiger partial charge in [-0.05, 0) is 0 Å². The molecule has 0 fully saturated rings. The number of carbonyl (C=O) groups is 1. The first-order valence-electron chi connectivity index (χ1n) is 3.19. The fourth-order valence-corrected chi connectivity index (χ4v) is 0.868. The second kappa shape index (κ2) is 3.91. The summed E-state index contributed by atoms with van der Waals surface area (Å²) >= 11 is 3.84. The van der Waals surface area contributed by atoms with E-state index in [4.69, 9.17) is 0 Å². The van der Waals surface area contributed by atoms with E-state index in [9.17, 15) is 4.79 Å². The van der Waals surface area contributed by atoms with Crippen LogP contribution in [-0.2, 0) is 0 Å². The lowest BCUT2D eigenvalue weighted by Crippen LogP contribution is -2.24. The minimum absolute atomic E-state index is 0.207. The van der Waals surface area contributed by atoms with Gasteiger partial charge in [0, 0.05) is 19.1 Å². The van der Waals surface area contributed by atoms with Crippen molar-refractivity contribution >= 4 is 25.3 Å². The number of nitrogens with one attached hydrogen (secondary N) is 1. The number of rotatable bonds is 3. The summed E-state index contributed by atoms with van der Waals surface area (Å²) in [5.74, 6) is 0.157. The third kappa shape index (κ3) is 1.65. The highest BCUT2D eigenvalue weighted by molar-refractivity contribution is 7.80. The maximum Gasteiger partial charge on any atom is 0.289 e. The Morgan fingerprint density at radius 1 is 1.92 bits per heavy atom. The molecule has 0 spiro atoms. The SMILES string of the molecule is C=Nn1ccnc1C(=O)NCS. The maximum atomic E-state index is 11.2. The number of carbonyl (C=O) groups excluding carboxylic acids is 1. The summed E-state index contributed by atoms with van der Waals surface area (Å²) in [6, 6.07) is 0. The molecule has 5 nitrogen and oxygen atoms in total. The van der Waals surface area contributed by atoms with Gasteiger partial charge in [0.1, 0.15) is 0 Å². The highest BCUT2D eigenvalue weighted by atomic mass is 32.1. The quantitative estimate of drug-likeness (QED) is 0.393. The van der Waals surface area contributed by atoms with Gasteiger partial charge in [-0.25, -0.2) is 9.66 Å². The molecular weight excluding hydrogens is 176 g/mol. The van der Waals surface area contributed by atoms with Crippen LogP contribution in [0.4, 0.5) is 0 Å². The normalized spacial score (nSPS) is 9.42. The fraction of sp³-hybridized carbons (Fsp3) is 0.167. The van der Waals surface area contributed by atoms with Gasteiger partial charge in [0.15, 0.2) is 0 Å². The van der Waals surface area contributed by atoms with Crippen LogP contribution < -0.4 is 5.32 Å². The smallest absolute Gasteiger partial charge is 0.289 e. The summed E-state index contributed by atoms with van der Waals surface area (Å²) in [6.07, 6.45) is 3.02. The number of hydrogen-bond donors (Lipinski definition) is 2. The van der Waals surface area contributed by atoms with Crippen LogP contribution in [0, 0.1) is 0 Å². The number of aromatic nitrogens is 2. The largest absolute Gasteiger partial charge is 0.341 e. The third-order valence-corrected chi connectivity index (χ3v) is 1.37. The van der Waals surface area contributed by atoms with Gasteiger partial charge in [0.25, 0.3) is 5.91 Å². The van der Waals surface area contributed by atoms with Crippen molar-refractivity contribution in [3.05, 3.63) is 18.2 Å². The van der Waals surface area contributed by atoms with Crippen molar-refractivity contribution in [2.24, 2.45) is 5.10 Å². The predicted molar refractivity (Wildman–Crippen MR) is 48.5 cm³/mol. The monoisotopic (exact) mass is 184 g/mol. The van der Waals surface area contributed by atoms with Crippen molar-refractivity contribution in [1.82, 2.24) is 15.0 Å². The molecule has 1 rings (SSSR count). The molecule has 0 unspecified atom stereocenters. The molecule has 0 atom stereocenters. The molecule has 1 N–H and O–H groups in total. The Balaban J connectivity index is 2.86. The van der Waals surface area contributed by atoms with Gasteiger partial charge >= 0.3 is 0 Å². The Kier molecular flexibility index (Phi) is 2.87. The molecule has 0 aliphatic carbocycles. The van der Waals surface area contributed by atoms with E-state index in [1.807, 2.05) is 0 Å². The molecule has 1 aromatic heterocycles. The Labute approximate surface area is 74.9 Å². The number of amides is 1. The van der Waals surface area contributed by atoms with Crippen LogP contribution in [0.25, 0.3) is 0 Å². The van der Waals surface area contributed by atoms with Crippen molar-refractivity contribution in [3.8, 4) is 0 Å². The Morgan fingerprint density at radius 3 is 3.25 bits per heavy atom. The summed E-state index contributed by atoms with van der Waals surface area (Å²) in [4.78, 5) is 14.9. The van der Waals surface area contributed by atoms with Crippen LogP contribution in [0.5, 0.6) is 0 Å². The van der Waals surface area contributed by atoms with Crippen LogP contribution in [0.1, 0.15) is 10.6 Å². The summed E-state index contributed by atoms with van der Waals surface area (Å²) in [5.41, 5.74) is 0. The van der Waals surface area contributed by atoms with Crippen LogP contribution in [0.2, 0.25) is 0 Å². The lowest BCUT2D eigenvalue weighted by molar-refractivity contribution is 0.0947. The molecule has 0 aliphatic rings. The molecule has 12 heavy (non-hydrogen) atoms. The molecular formula is C6H8N4OS. The van der Waals surface area contributed by atoms with E-state index in [0.29, 0.717) is 0 Å². The van der Waals surface area contributed by atoms with Crippen LogP contribution in [0.3, 0.4) is 0 Å². The van der Waals surface area contributed by atoms with E-state index in [2.05, 4.69) is 34.7 Å². The van der Waals surface area contributed by atoms with Gasteiger partial charge in [-0.3, -0.25) is 4.79 Å². The summed E-state index contributed by atoms with van der Waals surface area (Å²) in [6.45, 7) is 3.28. The van der Waals surface area contributed by atoms with E-state index in [0.717, 1.165) is 0 Å². The zero-order chi connectivity index (χ0) is 8.97. The molecule has 0 saturated carbocycles. The third-order valence-electron chi connectivity index (χ3n) is 1.22. The molecule has 64 valence electrons. The molecule has 0 saturated heterocycles. The topological polar surface area (TPSA) is 59.3 Å². The first kappa shape index (κ1) is 8.79. The van der Waals surface area contributed by atoms with Gasteiger partial charge in [0.2, 0.25) is 5.82 Å². The molecule has 0 aromatic carbocycles. The van der Waals surface area contributed by atoms with Crippen molar-refractivity contribution in [1.29, 1.82) is 0 Å². The molecule has 0 radical (unpaired) electrons. The van der Waals surface area contributed by atoms with Gasteiger partial charge in [0.05, 0.1) is 5.88 Å². The Morgan fingerprint density at radius 2 is 2.67 bits per heavy atom. The standard InChI is InChI=1S/C6H8N4OS/c1-7-10-3-2-8-5(10)6(11)9-4-12/h2-3,12H,1,4H2,(H,9,11). The lowest BCUT2D eigenvalue weighted by atomic mass is 10.6. The maximum absolute atomic E-state index is 11.2. The van der Waals surface area contributed by atoms with Gasteiger partial charge < -0.3 is 5.32 Å². The molecule has 1 aromatic rings. The zero-order valence-corrected chi connectivity index (χ0v) is 7.16. The zero-order valence-electron chi connectivity index (χ0n) is 6.27. The molecule has 0 aliphatic heterocycles. The van der Waals surface area contributed by atoms with Crippen LogP contribution in [0.15, 0.2) is 17.5 Å². The molecule has 6 heteroatoms. The number of imidazole rings is 1. The Bertz CT molecular complexity index is 295. The number of thiol groups is 1. The highest BCUT2D eigenvalue weighted by Gasteiger charge is 2.09. The van der Waals surface area contributed by atoms with Crippen molar-refractivity contribution < 1.29 is 4.79 Å². The summed E-state index contributed by atoms with van der Waals surface area (Å²) < 4.78 is 1.29. The average molecular weight is 184 g/mol.